The Balaban J connectivity index is 2.33. The van der Waals surface area contributed by atoms with Crippen LogP contribution in [-0.4, -0.2) is 50.3 Å². The van der Waals surface area contributed by atoms with Gasteiger partial charge in [-0.25, -0.2) is 0 Å². The molecule has 1 saturated carbocycles. The summed E-state index contributed by atoms with van der Waals surface area (Å²) in [7, 11) is 4.02. The fraction of sp³-hybridized carbons (Fsp3) is 1.00. The summed E-state index contributed by atoms with van der Waals surface area (Å²) in [5.74, 6) is 0. The van der Waals surface area contributed by atoms with E-state index in [0.29, 0.717) is 12.1 Å². The van der Waals surface area contributed by atoms with Crippen LogP contribution in [0.5, 0.6) is 0 Å². The summed E-state index contributed by atoms with van der Waals surface area (Å²) in [6.07, 6.45) is 4.11. The van der Waals surface area contributed by atoms with E-state index in [1.807, 2.05) is 0 Å². The number of rotatable bonds is 7. The lowest BCUT2D eigenvalue weighted by molar-refractivity contribution is 0.0514. The van der Waals surface area contributed by atoms with Gasteiger partial charge in [0.25, 0.3) is 0 Å². The number of nitrogens with one attached hydrogen (secondary N) is 1. The SMILES string of the molecule is COCC(CNC(C)C)N(C)C1CCC1. The van der Waals surface area contributed by atoms with Gasteiger partial charge in [-0.3, -0.25) is 4.90 Å². The Hall–Kier alpha value is -0.120. The molecule has 1 N–H and O–H groups in total. The van der Waals surface area contributed by atoms with Gasteiger partial charge in [0.2, 0.25) is 0 Å². The van der Waals surface area contributed by atoms with Crippen molar-refractivity contribution in [2.45, 2.75) is 51.2 Å². The first-order valence-electron chi connectivity index (χ1n) is 6.09. The highest BCUT2D eigenvalue weighted by Gasteiger charge is 2.27. The fourth-order valence-electron chi connectivity index (χ4n) is 1.98. The van der Waals surface area contributed by atoms with Gasteiger partial charge in [0.15, 0.2) is 0 Å². The lowest BCUT2D eigenvalue weighted by Gasteiger charge is -2.40. The molecular formula is C12H26N2O. The molecule has 1 aliphatic carbocycles. The van der Waals surface area contributed by atoms with Gasteiger partial charge in [0, 0.05) is 31.8 Å². The molecule has 0 heterocycles. The Kier molecular flexibility index (Phi) is 5.58. The maximum atomic E-state index is 5.29. The summed E-state index contributed by atoms with van der Waals surface area (Å²) in [6, 6.07) is 1.86. The standard InChI is InChI=1S/C12H26N2O/c1-10(2)13-8-12(9-15-4)14(3)11-6-5-7-11/h10-13H,5-9H2,1-4H3. The van der Waals surface area contributed by atoms with Crippen LogP contribution >= 0.6 is 0 Å². The molecule has 0 spiro atoms. The van der Waals surface area contributed by atoms with E-state index in [1.165, 1.54) is 19.3 Å². The molecule has 1 fully saturated rings. The molecule has 15 heavy (non-hydrogen) atoms. The minimum absolute atomic E-state index is 0.516. The first-order chi connectivity index (χ1) is 7.15. The fourth-order valence-corrected chi connectivity index (χ4v) is 1.98. The number of likely N-dealkylation sites (N-methyl/N-ethyl adjacent to an activating group) is 1. The third-order valence-electron chi connectivity index (χ3n) is 3.35. The van der Waals surface area contributed by atoms with Crippen molar-refractivity contribution in [3.8, 4) is 0 Å². The quantitative estimate of drug-likeness (QED) is 0.695. The second kappa shape index (κ2) is 6.46. The van der Waals surface area contributed by atoms with Crippen molar-refractivity contribution in [1.29, 1.82) is 0 Å². The van der Waals surface area contributed by atoms with Crippen LogP contribution in [0.3, 0.4) is 0 Å². The van der Waals surface area contributed by atoms with Crippen molar-refractivity contribution in [3.63, 3.8) is 0 Å². The molecule has 0 bridgehead atoms. The van der Waals surface area contributed by atoms with Crippen molar-refractivity contribution in [3.05, 3.63) is 0 Å². The molecule has 0 saturated heterocycles. The van der Waals surface area contributed by atoms with Gasteiger partial charge in [-0.2, -0.15) is 0 Å². The van der Waals surface area contributed by atoms with Crippen molar-refractivity contribution >= 4 is 0 Å². The largest absolute Gasteiger partial charge is 0.383 e. The molecule has 0 radical (unpaired) electrons. The lowest BCUT2D eigenvalue weighted by Crippen LogP contribution is -2.51. The highest BCUT2D eigenvalue weighted by molar-refractivity contribution is 4.84. The summed E-state index contributed by atoms with van der Waals surface area (Å²) in [5, 5.41) is 3.49. The van der Waals surface area contributed by atoms with E-state index >= 15 is 0 Å². The Labute approximate surface area is 94.2 Å². The van der Waals surface area contributed by atoms with Crippen LogP contribution in [0.25, 0.3) is 0 Å². The smallest absolute Gasteiger partial charge is 0.0630 e. The Bertz CT molecular complexity index is 169. The molecule has 0 aliphatic heterocycles. The van der Waals surface area contributed by atoms with Crippen LogP contribution in [0, 0.1) is 0 Å². The van der Waals surface area contributed by atoms with Crippen LogP contribution in [-0.2, 0) is 4.74 Å². The zero-order valence-electron chi connectivity index (χ0n) is 10.6. The molecule has 1 rings (SSSR count). The maximum Gasteiger partial charge on any atom is 0.0630 e. The van der Waals surface area contributed by atoms with Gasteiger partial charge in [-0.1, -0.05) is 20.3 Å². The molecule has 0 aromatic carbocycles. The normalized spacial score (nSPS) is 19.6. The summed E-state index contributed by atoms with van der Waals surface area (Å²) >= 11 is 0. The monoisotopic (exact) mass is 214 g/mol. The molecular weight excluding hydrogens is 188 g/mol. The van der Waals surface area contributed by atoms with Crippen LogP contribution in [0.4, 0.5) is 0 Å². The average molecular weight is 214 g/mol. The van der Waals surface area contributed by atoms with E-state index in [4.69, 9.17) is 4.74 Å². The third-order valence-corrected chi connectivity index (χ3v) is 3.35. The second-order valence-electron chi connectivity index (χ2n) is 4.92. The van der Waals surface area contributed by atoms with E-state index in [0.717, 1.165) is 19.2 Å². The average Bonchev–Trinajstić information content (AvgIpc) is 2.08. The Morgan fingerprint density at radius 1 is 1.40 bits per heavy atom. The number of hydrogen-bond acceptors (Lipinski definition) is 3. The summed E-state index contributed by atoms with van der Waals surface area (Å²) < 4.78 is 5.29. The first kappa shape index (κ1) is 12.9. The zero-order valence-corrected chi connectivity index (χ0v) is 10.6. The molecule has 0 amide bonds. The second-order valence-corrected chi connectivity index (χ2v) is 4.92. The zero-order chi connectivity index (χ0) is 11.3. The van der Waals surface area contributed by atoms with Gasteiger partial charge in [-0.05, 0) is 19.9 Å². The number of methoxy groups -OCH3 is 1. The first-order valence-corrected chi connectivity index (χ1v) is 6.09. The predicted octanol–water partition coefficient (Wildman–Crippen LogP) is 1.48. The molecule has 3 heteroatoms. The van der Waals surface area contributed by atoms with E-state index in [-0.39, 0.29) is 0 Å². The molecule has 0 aromatic rings. The minimum Gasteiger partial charge on any atom is -0.383 e. The number of hydrogen-bond donors (Lipinski definition) is 1. The molecule has 1 atom stereocenters. The molecule has 1 unspecified atom stereocenters. The lowest BCUT2D eigenvalue weighted by atomic mass is 9.91. The van der Waals surface area contributed by atoms with E-state index in [9.17, 15) is 0 Å². The highest BCUT2D eigenvalue weighted by atomic mass is 16.5. The summed E-state index contributed by atoms with van der Waals surface area (Å²) in [5.41, 5.74) is 0. The van der Waals surface area contributed by atoms with Crippen molar-refractivity contribution in [1.82, 2.24) is 10.2 Å². The van der Waals surface area contributed by atoms with Gasteiger partial charge in [0.05, 0.1) is 6.61 Å². The molecule has 90 valence electrons. The Morgan fingerprint density at radius 3 is 2.47 bits per heavy atom. The van der Waals surface area contributed by atoms with E-state index in [1.54, 1.807) is 7.11 Å². The van der Waals surface area contributed by atoms with Gasteiger partial charge < -0.3 is 10.1 Å². The maximum absolute atomic E-state index is 5.29. The minimum atomic E-state index is 0.516. The predicted molar refractivity (Wildman–Crippen MR) is 64.2 cm³/mol. The van der Waals surface area contributed by atoms with Crippen LogP contribution in [0.1, 0.15) is 33.1 Å². The highest BCUT2D eigenvalue weighted by Crippen LogP contribution is 2.24. The van der Waals surface area contributed by atoms with Gasteiger partial charge in [-0.15, -0.1) is 0 Å². The number of nitrogens with zero attached hydrogens (tertiary/aromatic N) is 1. The topological polar surface area (TPSA) is 24.5 Å². The molecule has 3 nitrogen and oxygen atoms in total. The van der Waals surface area contributed by atoms with Crippen LogP contribution in [0.15, 0.2) is 0 Å². The van der Waals surface area contributed by atoms with Crippen LogP contribution in [0.2, 0.25) is 0 Å². The Morgan fingerprint density at radius 2 is 2.07 bits per heavy atom. The van der Waals surface area contributed by atoms with Gasteiger partial charge in [0.1, 0.15) is 0 Å². The number of ether oxygens (including phenoxy) is 1. The third kappa shape index (κ3) is 4.09. The van der Waals surface area contributed by atoms with E-state index in [2.05, 4.69) is 31.1 Å². The molecule has 0 aromatic heterocycles. The van der Waals surface area contributed by atoms with Crippen LogP contribution < -0.4 is 5.32 Å². The van der Waals surface area contributed by atoms with Crippen molar-refractivity contribution < 1.29 is 4.74 Å². The van der Waals surface area contributed by atoms with Gasteiger partial charge >= 0.3 is 0 Å². The van der Waals surface area contributed by atoms with Crippen molar-refractivity contribution in [2.75, 3.05) is 27.3 Å². The van der Waals surface area contributed by atoms with E-state index < -0.39 is 0 Å². The summed E-state index contributed by atoms with van der Waals surface area (Å²) in [4.78, 5) is 2.49. The molecule has 1 aliphatic rings. The van der Waals surface area contributed by atoms with Crippen molar-refractivity contribution in [2.24, 2.45) is 0 Å². The summed E-state index contributed by atoms with van der Waals surface area (Å²) in [6.45, 7) is 6.23.